The SMILES string of the molecule is O=C1NCC(=O)N(Cc2ccccn2)C1C1CCCCC1. The lowest BCUT2D eigenvalue weighted by Gasteiger charge is -2.40. The predicted octanol–water partition coefficient (Wildman–Crippen LogP) is 1.49. The maximum Gasteiger partial charge on any atom is 0.243 e. The minimum atomic E-state index is -0.325. The van der Waals surface area contributed by atoms with E-state index in [0.29, 0.717) is 6.54 Å². The molecule has 2 heterocycles. The largest absolute Gasteiger partial charge is 0.345 e. The normalized spacial score (nSPS) is 24.0. The molecule has 0 aromatic carbocycles. The fourth-order valence-electron chi connectivity index (χ4n) is 3.44. The highest BCUT2D eigenvalue weighted by Crippen LogP contribution is 2.30. The highest BCUT2D eigenvalue weighted by Gasteiger charge is 2.40. The summed E-state index contributed by atoms with van der Waals surface area (Å²) in [5.74, 6) is 0.278. The zero-order valence-corrected chi connectivity index (χ0v) is 12.1. The highest BCUT2D eigenvalue weighted by atomic mass is 16.2. The van der Waals surface area contributed by atoms with Crippen molar-refractivity contribution in [2.45, 2.75) is 44.7 Å². The molecule has 112 valence electrons. The van der Waals surface area contributed by atoms with E-state index in [9.17, 15) is 9.59 Å². The number of rotatable bonds is 3. The Labute approximate surface area is 124 Å². The highest BCUT2D eigenvalue weighted by molar-refractivity contribution is 5.95. The number of hydrogen-bond acceptors (Lipinski definition) is 3. The van der Waals surface area contributed by atoms with Crippen molar-refractivity contribution in [3.8, 4) is 0 Å². The van der Waals surface area contributed by atoms with Crippen LogP contribution in [-0.4, -0.2) is 34.3 Å². The van der Waals surface area contributed by atoms with Gasteiger partial charge in [0.15, 0.2) is 0 Å². The number of nitrogens with one attached hydrogen (secondary N) is 1. The monoisotopic (exact) mass is 287 g/mol. The number of carbonyl (C=O) groups is 2. The van der Waals surface area contributed by atoms with Crippen LogP contribution in [0.25, 0.3) is 0 Å². The third-order valence-corrected chi connectivity index (χ3v) is 4.49. The summed E-state index contributed by atoms with van der Waals surface area (Å²) in [4.78, 5) is 30.6. The summed E-state index contributed by atoms with van der Waals surface area (Å²) in [7, 11) is 0. The Hall–Kier alpha value is -1.91. The fraction of sp³-hybridized carbons (Fsp3) is 0.562. The number of nitrogens with zero attached hydrogens (tertiary/aromatic N) is 2. The number of hydrogen-bond donors (Lipinski definition) is 1. The summed E-state index contributed by atoms with van der Waals surface area (Å²) >= 11 is 0. The molecule has 2 aliphatic rings. The minimum absolute atomic E-state index is 0.00238. The quantitative estimate of drug-likeness (QED) is 0.916. The summed E-state index contributed by atoms with van der Waals surface area (Å²) in [5.41, 5.74) is 0.835. The lowest BCUT2D eigenvalue weighted by Crippen LogP contribution is -2.60. The van der Waals surface area contributed by atoms with Gasteiger partial charge < -0.3 is 10.2 Å². The standard InChI is InChI=1S/C16H21N3O2/c20-14-10-18-16(21)15(12-6-2-1-3-7-12)19(14)11-13-8-4-5-9-17-13/h4-5,8-9,12,15H,1-3,6-7,10-11H2,(H,18,21). The van der Waals surface area contributed by atoms with Gasteiger partial charge in [0.2, 0.25) is 11.8 Å². The van der Waals surface area contributed by atoms with Crippen molar-refractivity contribution in [1.29, 1.82) is 0 Å². The van der Waals surface area contributed by atoms with Crippen LogP contribution in [-0.2, 0) is 16.1 Å². The summed E-state index contributed by atoms with van der Waals surface area (Å²) in [5, 5.41) is 2.74. The van der Waals surface area contributed by atoms with Crippen LogP contribution < -0.4 is 5.32 Å². The van der Waals surface area contributed by atoms with Crippen molar-refractivity contribution in [3.05, 3.63) is 30.1 Å². The second kappa shape index (κ2) is 6.24. The Morgan fingerprint density at radius 1 is 1.19 bits per heavy atom. The van der Waals surface area contributed by atoms with E-state index in [0.717, 1.165) is 31.4 Å². The Morgan fingerprint density at radius 3 is 2.71 bits per heavy atom. The van der Waals surface area contributed by atoms with Gasteiger partial charge in [-0.3, -0.25) is 14.6 Å². The van der Waals surface area contributed by atoms with Crippen LogP contribution in [0.15, 0.2) is 24.4 Å². The molecule has 3 rings (SSSR count). The molecule has 1 aliphatic carbocycles. The molecule has 1 aromatic rings. The number of aromatic nitrogens is 1. The van der Waals surface area contributed by atoms with E-state index >= 15 is 0 Å². The topological polar surface area (TPSA) is 62.3 Å². The first-order chi connectivity index (χ1) is 10.3. The first-order valence-corrected chi connectivity index (χ1v) is 7.73. The Balaban J connectivity index is 1.81. The first kappa shape index (κ1) is 14.0. The molecule has 5 heteroatoms. The van der Waals surface area contributed by atoms with E-state index in [1.54, 1.807) is 11.1 Å². The summed E-state index contributed by atoms with van der Waals surface area (Å²) < 4.78 is 0. The van der Waals surface area contributed by atoms with Crippen molar-refractivity contribution in [2.75, 3.05) is 6.54 Å². The van der Waals surface area contributed by atoms with Crippen molar-refractivity contribution in [3.63, 3.8) is 0 Å². The fourth-order valence-corrected chi connectivity index (χ4v) is 3.44. The molecular weight excluding hydrogens is 266 g/mol. The zero-order valence-electron chi connectivity index (χ0n) is 12.1. The van der Waals surface area contributed by atoms with E-state index in [1.807, 2.05) is 18.2 Å². The molecule has 21 heavy (non-hydrogen) atoms. The predicted molar refractivity (Wildman–Crippen MR) is 78.2 cm³/mol. The molecule has 1 saturated carbocycles. The van der Waals surface area contributed by atoms with Crippen LogP contribution in [0.1, 0.15) is 37.8 Å². The van der Waals surface area contributed by atoms with E-state index in [1.165, 1.54) is 6.42 Å². The average molecular weight is 287 g/mol. The lowest BCUT2D eigenvalue weighted by molar-refractivity contribution is -0.149. The van der Waals surface area contributed by atoms with Crippen molar-refractivity contribution < 1.29 is 9.59 Å². The Morgan fingerprint density at radius 2 is 2.00 bits per heavy atom. The third kappa shape index (κ3) is 3.06. The third-order valence-electron chi connectivity index (χ3n) is 4.49. The van der Waals surface area contributed by atoms with Crippen LogP contribution in [0.2, 0.25) is 0 Å². The van der Waals surface area contributed by atoms with E-state index < -0.39 is 0 Å². The minimum Gasteiger partial charge on any atom is -0.345 e. The molecule has 1 saturated heterocycles. The molecule has 1 aliphatic heterocycles. The van der Waals surface area contributed by atoms with Crippen molar-refractivity contribution in [2.24, 2.45) is 5.92 Å². The van der Waals surface area contributed by atoms with Crippen LogP contribution in [0, 0.1) is 5.92 Å². The van der Waals surface area contributed by atoms with E-state index in [-0.39, 0.29) is 30.3 Å². The number of carbonyl (C=O) groups excluding carboxylic acids is 2. The van der Waals surface area contributed by atoms with Gasteiger partial charge in [0.1, 0.15) is 6.04 Å². The first-order valence-electron chi connectivity index (χ1n) is 7.73. The summed E-state index contributed by atoms with van der Waals surface area (Å²) in [6.07, 6.45) is 7.33. The smallest absolute Gasteiger partial charge is 0.243 e. The maximum atomic E-state index is 12.3. The van der Waals surface area contributed by atoms with Crippen molar-refractivity contribution in [1.82, 2.24) is 15.2 Å². The van der Waals surface area contributed by atoms with Gasteiger partial charge in [0.05, 0.1) is 18.8 Å². The van der Waals surface area contributed by atoms with Gasteiger partial charge >= 0.3 is 0 Å². The van der Waals surface area contributed by atoms with Gasteiger partial charge in [-0.25, -0.2) is 0 Å². The Kier molecular flexibility index (Phi) is 4.18. The molecule has 1 atom stereocenters. The van der Waals surface area contributed by atoms with Gasteiger partial charge in [-0.15, -0.1) is 0 Å². The molecule has 2 fully saturated rings. The van der Waals surface area contributed by atoms with Crippen LogP contribution in [0.4, 0.5) is 0 Å². The van der Waals surface area contributed by atoms with Gasteiger partial charge in [-0.1, -0.05) is 25.3 Å². The second-order valence-corrected chi connectivity index (χ2v) is 5.90. The lowest BCUT2D eigenvalue weighted by atomic mass is 9.82. The van der Waals surface area contributed by atoms with Crippen LogP contribution in [0.5, 0.6) is 0 Å². The van der Waals surface area contributed by atoms with Gasteiger partial charge in [-0.05, 0) is 30.9 Å². The maximum absolute atomic E-state index is 12.3. The Bertz CT molecular complexity index is 512. The van der Waals surface area contributed by atoms with E-state index in [2.05, 4.69) is 10.3 Å². The molecule has 1 aromatic heterocycles. The number of amides is 2. The van der Waals surface area contributed by atoms with Gasteiger partial charge in [0.25, 0.3) is 0 Å². The molecular formula is C16H21N3O2. The molecule has 0 radical (unpaired) electrons. The molecule has 1 unspecified atom stereocenters. The second-order valence-electron chi connectivity index (χ2n) is 5.90. The zero-order chi connectivity index (χ0) is 14.7. The average Bonchev–Trinajstić information content (AvgIpc) is 2.53. The van der Waals surface area contributed by atoms with Crippen LogP contribution in [0.3, 0.4) is 0 Å². The van der Waals surface area contributed by atoms with E-state index in [4.69, 9.17) is 0 Å². The molecule has 2 amide bonds. The van der Waals surface area contributed by atoms with Crippen LogP contribution >= 0.6 is 0 Å². The number of piperazine rings is 1. The summed E-state index contributed by atoms with van der Waals surface area (Å²) in [6, 6.07) is 5.34. The summed E-state index contributed by atoms with van der Waals surface area (Å²) in [6.45, 7) is 0.531. The molecule has 1 N–H and O–H groups in total. The van der Waals surface area contributed by atoms with Gasteiger partial charge in [0, 0.05) is 6.20 Å². The number of pyridine rings is 1. The van der Waals surface area contributed by atoms with Gasteiger partial charge in [-0.2, -0.15) is 0 Å². The molecule has 0 bridgehead atoms. The molecule has 0 spiro atoms. The van der Waals surface area contributed by atoms with Crippen molar-refractivity contribution >= 4 is 11.8 Å². The molecule has 5 nitrogen and oxygen atoms in total.